The molecule has 0 amide bonds. The lowest BCUT2D eigenvalue weighted by atomic mass is 10.1. The average molecular weight is 314 g/mol. The molecule has 1 N–H and O–H groups in total. The van der Waals surface area contributed by atoms with Gasteiger partial charge in [-0.3, -0.25) is 25.7 Å². The van der Waals surface area contributed by atoms with E-state index in [2.05, 4.69) is 10.5 Å². The number of non-ortho nitro benzene ring substituents is 1. The van der Waals surface area contributed by atoms with Crippen LogP contribution in [0.25, 0.3) is 0 Å². The number of hydrogen-bond acceptors (Lipinski definition) is 6. The van der Waals surface area contributed by atoms with Crippen molar-refractivity contribution in [2.45, 2.75) is 13.8 Å². The summed E-state index contributed by atoms with van der Waals surface area (Å²) in [5, 5.41) is 25.8. The van der Waals surface area contributed by atoms with Gasteiger partial charge in [-0.1, -0.05) is 18.2 Å². The molecule has 0 radical (unpaired) electrons. The molecule has 0 bridgehead atoms. The quantitative estimate of drug-likeness (QED) is 0.514. The van der Waals surface area contributed by atoms with Crippen LogP contribution >= 0.6 is 0 Å². The normalized spacial score (nSPS) is 11.1. The van der Waals surface area contributed by atoms with Crippen LogP contribution in [0.15, 0.2) is 47.6 Å². The third-order valence-corrected chi connectivity index (χ3v) is 3.23. The topological polar surface area (TPSA) is 111 Å². The number of rotatable bonds is 5. The summed E-state index contributed by atoms with van der Waals surface area (Å²) < 4.78 is 0. The molecule has 0 aliphatic carbocycles. The molecule has 8 nitrogen and oxygen atoms in total. The Bertz CT molecular complexity index is 802. The van der Waals surface area contributed by atoms with Gasteiger partial charge < -0.3 is 0 Å². The number of aryl methyl sites for hydroxylation is 1. The van der Waals surface area contributed by atoms with Gasteiger partial charge in [0.1, 0.15) is 0 Å². The molecule has 0 aliphatic heterocycles. The summed E-state index contributed by atoms with van der Waals surface area (Å²) in [4.78, 5) is 20.7. The van der Waals surface area contributed by atoms with Crippen molar-refractivity contribution in [2.24, 2.45) is 5.10 Å². The lowest BCUT2D eigenvalue weighted by molar-refractivity contribution is -0.385. The maximum atomic E-state index is 11.0. The van der Waals surface area contributed by atoms with Gasteiger partial charge in [0.05, 0.1) is 21.2 Å². The van der Waals surface area contributed by atoms with Crippen LogP contribution in [0.1, 0.15) is 18.1 Å². The predicted octanol–water partition coefficient (Wildman–Crippen LogP) is 3.65. The molecule has 0 aromatic heterocycles. The van der Waals surface area contributed by atoms with Gasteiger partial charge in [-0.2, -0.15) is 5.10 Å². The largest absolute Gasteiger partial charge is 0.278 e. The van der Waals surface area contributed by atoms with Crippen LogP contribution in [0.2, 0.25) is 0 Å². The number of anilines is 1. The van der Waals surface area contributed by atoms with Crippen LogP contribution in [0.3, 0.4) is 0 Å². The zero-order valence-corrected chi connectivity index (χ0v) is 12.5. The van der Waals surface area contributed by atoms with E-state index in [1.807, 2.05) is 0 Å². The van der Waals surface area contributed by atoms with E-state index in [9.17, 15) is 20.2 Å². The maximum Gasteiger partial charge on any atom is 0.272 e. The fourth-order valence-electron chi connectivity index (χ4n) is 1.93. The molecule has 2 aromatic carbocycles. The monoisotopic (exact) mass is 314 g/mol. The van der Waals surface area contributed by atoms with Gasteiger partial charge in [-0.25, -0.2) is 0 Å². The van der Waals surface area contributed by atoms with Crippen LogP contribution in [0.4, 0.5) is 17.1 Å². The smallest absolute Gasteiger partial charge is 0.272 e. The summed E-state index contributed by atoms with van der Waals surface area (Å²) in [5.41, 5.74) is 4.84. The molecule has 2 rings (SSSR count). The average Bonchev–Trinajstić information content (AvgIpc) is 2.53. The first-order valence-electron chi connectivity index (χ1n) is 6.68. The van der Waals surface area contributed by atoms with Crippen LogP contribution in [-0.2, 0) is 0 Å². The lowest BCUT2D eigenvalue weighted by Crippen LogP contribution is -2.02. The van der Waals surface area contributed by atoms with Gasteiger partial charge in [0.15, 0.2) is 0 Å². The first-order chi connectivity index (χ1) is 10.9. The van der Waals surface area contributed by atoms with Gasteiger partial charge in [0.2, 0.25) is 0 Å². The van der Waals surface area contributed by atoms with E-state index < -0.39 is 9.85 Å². The van der Waals surface area contributed by atoms with Crippen molar-refractivity contribution in [3.63, 3.8) is 0 Å². The number of nitro benzene ring substituents is 2. The second-order valence-electron chi connectivity index (χ2n) is 4.87. The van der Waals surface area contributed by atoms with Gasteiger partial charge >= 0.3 is 0 Å². The van der Waals surface area contributed by atoms with E-state index in [4.69, 9.17) is 0 Å². The molecular formula is C15H14N4O4. The van der Waals surface area contributed by atoms with Crippen molar-refractivity contribution in [2.75, 3.05) is 5.43 Å². The highest BCUT2D eigenvalue weighted by atomic mass is 16.6. The first-order valence-corrected chi connectivity index (χ1v) is 6.68. The Labute approximate surface area is 131 Å². The van der Waals surface area contributed by atoms with Crippen molar-refractivity contribution < 1.29 is 9.85 Å². The van der Waals surface area contributed by atoms with Gasteiger partial charge in [-0.05, 0) is 19.9 Å². The standard InChI is InChI=1S/C15H14N4O4/c1-10-6-7-12(8-15(10)19(22)23)11(2)16-17-13-4-3-5-14(9-13)18(20)21/h3-9,17H,1-2H3. The van der Waals surface area contributed by atoms with E-state index in [0.717, 1.165) is 0 Å². The van der Waals surface area contributed by atoms with E-state index in [1.54, 1.807) is 38.1 Å². The zero-order chi connectivity index (χ0) is 17.0. The summed E-state index contributed by atoms with van der Waals surface area (Å²) >= 11 is 0. The molecule has 0 heterocycles. The Kier molecular flexibility index (Phi) is 4.65. The SMILES string of the molecule is CC(=NNc1cccc([N+](=O)[O-])c1)c1ccc(C)c([N+](=O)[O-])c1. The molecule has 8 heteroatoms. The number of hydrogen-bond donors (Lipinski definition) is 1. The molecule has 0 saturated heterocycles. The van der Waals surface area contributed by atoms with E-state index in [0.29, 0.717) is 22.5 Å². The Balaban J connectivity index is 2.23. The molecule has 118 valence electrons. The molecule has 0 fully saturated rings. The third kappa shape index (κ3) is 3.88. The summed E-state index contributed by atoms with van der Waals surface area (Å²) in [6, 6.07) is 10.8. The minimum absolute atomic E-state index is 0.0207. The molecule has 0 aliphatic rings. The molecular weight excluding hydrogens is 300 g/mol. The number of hydrazone groups is 1. The van der Waals surface area contributed by atoms with Crippen molar-refractivity contribution in [1.29, 1.82) is 0 Å². The number of nitrogens with one attached hydrogen (secondary N) is 1. The summed E-state index contributed by atoms with van der Waals surface area (Å²) in [6.45, 7) is 3.36. The zero-order valence-electron chi connectivity index (χ0n) is 12.5. The van der Waals surface area contributed by atoms with E-state index in [-0.39, 0.29) is 11.4 Å². The minimum Gasteiger partial charge on any atom is -0.278 e. The number of benzene rings is 2. The van der Waals surface area contributed by atoms with Crippen LogP contribution < -0.4 is 5.43 Å². The second kappa shape index (κ2) is 6.65. The number of nitrogens with zero attached hydrogens (tertiary/aromatic N) is 3. The maximum absolute atomic E-state index is 11.0. The number of nitro groups is 2. The molecule has 0 spiro atoms. The van der Waals surface area contributed by atoms with E-state index >= 15 is 0 Å². The fourth-order valence-corrected chi connectivity index (χ4v) is 1.93. The first kappa shape index (κ1) is 16.1. The highest BCUT2D eigenvalue weighted by Crippen LogP contribution is 2.20. The molecule has 0 unspecified atom stereocenters. The van der Waals surface area contributed by atoms with Gasteiger partial charge in [0.25, 0.3) is 11.4 Å². The van der Waals surface area contributed by atoms with Crippen molar-refractivity contribution in [1.82, 2.24) is 0 Å². The van der Waals surface area contributed by atoms with Crippen LogP contribution in [0, 0.1) is 27.2 Å². The van der Waals surface area contributed by atoms with Crippen molar-refractivity contribution >= 4 is 22.8 Å². The van der Waals surface area contributed by atoms with Crippen LogP contribution in [0.5, 0.6) is 0 Å². The van der Waals surface area contributed by atoms with Crippen molar-refractivity contribution in [3.05, 3.63) is 73.8 Å². The second-order valence-corrected chi connectivity index (χ2v) is 4.87. The van der Waals surface area contributed by atoms with Gasteiger partial charge in [0, 0.05) is 29.3 Å². The minimum atomic E-state index is -0.495. The predicted molar refractivity (Wildman–Crippen MR) is 86.8 cm³/mol. The summed E-state index contributed by atoms with van der Waals surface area (Å²) in [7, 11) is 0. The van der Waals surface area contributed by atoms with Gasteiger partial charge in [-0.15, -0.1) is 0 Å². The van der Waals surface area contributed by atoms with Crippen molar-refractivity contribution in [3.8, 4) is 0 Å². The summed E-state index contributed by atoms with van der Waals surface area (Å²) in [5.74, 6) is 0. The Morgan fingerprint density at radius 1 is 1.09 bits per heavy atom. The fraction of sp³-hybridized carbons (Fsp3) is 0.133. The highest BCUT2D eigenvalue weighted by molar-refractivity contribution is 5.99. The highest BCUT2D eigenvalue weighted by Gasteiger charge is 2.12. The molecule has 0 saturated carbocycles. The summed E-state index contributed by atoms with van der Waals surface area (Å²) in [6.07, 6.45) is 0. The van der Waals surface area contributed by atoms with Crippen LogP contribution in [-0.4, -0.2) is 15.6 Å². The van der Waals surface area contributed by atoms with E-state index in [1.165, 1.54) is 18.2 Å². The molecule has 23 heavy (non-hydrogen) atoms. The lowest BCUT2D eigenvalue weighted by Gasteiger charge is -2.05. The third-order valence-electron chi connectivity index (χ3n) is 3.23. The molecule has 0 atom stereocenters. The Hall–Kier alpha value is -3.29. The Morgan fingerprint density at radius 2 is 1.83 bits per heavy atom. The molecule has 2 aromatic rings. The Morgan fingerprint density at radius 3 is 2.48 bits per heavy atom.